The molecule has 8 nitrogen and oxygen atoms in total. The lowest BCUT2D eigenvalue weighted by atomic mass is 10.0. The lowest BCUT2D eigenvalue weighted by Gasteiger charge is -2.26. The zero-order valence-electron chi connectivity index (χ0n) is 18.4. The third-order valence-corrected chi connectivity index (χ3v) is 5.02. The van der Waals surface area contributed by atoms with Crippen LogP contribution in [0.25, 0.3) is 6.08 Å². The average Bonchev–Trinajstić information content (AvgIpc) is 3.05. The summed E-state index contributed by atoms with van der Waals surface area (Å²) in [7, 11) is 1.17. The van der Waals surface area contributed by atoms with Gasteiger partial charge < -0.3 is 9.47 Å². The molecular formula is C25H22N2O6. The summed E-state index contributed by atoms with van der Waals surface area (Å²) >= 11 is 0. The van der Waals surface area contributed by atoms with E-state index in [0.29, 0.717) is 5.56 Å². The van der Waals surface area contributed by atoms with E-state index in [-0.39, 0.29) is 34.8 Å². The molecule has 0 bridgehead atoms. The average molecular weight is 446 g/mol. The number of benzene rings is 2. The highest BCUT2D eigenvalue weighted by atomic mass is 16.5. The first-order valence-electron chi connectivity index (χ1n) is 10.3. The van der Waals surface area contributed by atoms with Gasteiger partial charge >= 0.3 is 11.9 Å². The summed E-state index contributed by atoms with van der Waals surface area (Å²) in [4.78, 5) is 51.5. The number of amides is 2. The first-order chi connectivity index (χ1) is 15.8. The van der Waals surface area contributed by atoms with Crippen molar-refractivity contribution in [1.29, 1.82) is 5.26 Å². The largest absolute Gasteiger partial charge is 0.465 e. The molecule has 1 heterocycles. The van der Waals surface area contributed by atoms with Gasteiger partial charge in [-0.05, 0) is 48.2 Å². The molecule has 1 unspecified atom stereocenters. The molecule has 1 aliphatic rings. The molecule has 8 heteroatoms. The lowest BCUT2D eigenvalue weighted by molar-refractivity contribution is -0.139. The lowest BCUT2D eigenvalue weighted by Crippen LogP contribution is -2.47. The van der Waals surface area contributed by atoms with Gasteiger partial charge in [-0.15, -0.1) is 0 Å². The Kier molecular flexibility index (Phi) is 7.04. The van der Waals surface area contributed by atoms with Gasteiger partial charge in [0.15, 0.2) is 0 Å². The van der Waals surface area contributed by atoms with Crippen molar-refractivity contribution in [1.82, 2.24) is 4.90 Å². The number of esters is 2. The molecule has 0 spiro atoms. The number of hydrogen-bond acceptors (Lipinski definition) is 7. The number of hydrogen-bond donors (Lipinski definition) is 0. The molecule has 0 aliphatic carbocycles. The molecule has 33 heavy (non-hydrogen) atoms. The van der Waals surface area contributed by atoms with E-state index in [9.17, 15) is 19.2 Å². The van der Waals surface area contributed by atoms with Gasteiger partial charge in [0, 0.05) is 0 Å². The van der Waals surface area contributed by atoms with Crippen molar-refractivity contribution < 1.29 is 28.7 Å². The van der Waals surface area contributed by atoms with Crippen LogP contribution in [0, 0.1) is 17.2 Å². The Bertz CT molecular complexity index is 1160. The molecule has 2 amide bonds. The minimum Gasteiger partial charge on any atom is -0.465 e. The fourth-order valence-electron chi connectivity index (χ4n) is 3.51. The van der Waals surface area contributed by atoms with Gasteiger partial charge in [0.05, 0.1) is 18.2 Å². The standard InChI is InChI=1S/C25H22N2O6/c1-15(2)11-21(27-22(28)19-9-4-5-10-20(19)23(27)29)25(31)33-18-8-6-7-16(13-18)12-17(14-26)24(30)32-3/h4-10,12-13,15,21H,11H2,1-3H3/b17-12+. The fraction of sp³-hybridized carbons (Fsp3) is 0.240. The van der Waals surface area contributed by atoms with Crippen LogP contribution in [0.2, 0.25) is 0 Å². The van der Waals surface area contributed by atoms with E-state index in [0.717, 1.165) is 4.90 Å². The maximum Gasteiger partial charge on any atom is 0.348 e. The van der Waals surface area contributed by atoms with Crippen molar-refractivity contribution in [2.45, 2.75) is 26.3 Å². The topological polar surface area (TPSA) is 114 Å². The molecule has 0 saturated heterocycles. The molecule has 168 valence electrons. The summed E-state index contributed by atoms with van der Waals surface area (Å²) < 4.78 is 10.1. The Morgan fingerprint density at radius 3 is 2.24 bits per heavy atom. The van der Waals surface area contributed by atoms with Crippen molar-refractivity contribution in [3.8, 4) is 11.8 Å². The van der Waals surface area contributed by atoms with Crippen LogP contribution in [0.5, 0.6) is 5.75 Å². The van der Waals surface area contributed by atoms with Gasteiger partial charge in [0.25, 0.3) is 11.8 Å². The van der Waals surface area contributed by atoms with Crippen LogP contribution in [0.3, 0.4) is 0 Å². The fourth-order valence-corrected chi connectivity index (χ4v) is 3.51. The molecule has 0 saturated carbocycles. The van der Waals surface area contributed by atoms with E-state index in [2.05, 4.69) is 4.74 Å². The Morgan fingerprint density at radius 2 is 1.70 bits per heavy atom. The highest BCUT2D eigenvalue weighted by Gasteiger charge is 2.43. The van der Waals surface area contributed by atoms with Crippen LogP contribution in [0.15, 0.2) is 54.1 Å². The number of nitrogens with zero attached hydrogens (tertiary/aromatic N) is 2. The van der Waals surface area contributed by atoms with E-state index < -0.39 is 29.8 Å². The highest BCUT2D eigenvalue weighted by Crippen LogP contribution is 2.28. The summed E-state index contributed by atoms with van der Waals surface area (Å²) in [6.45, 7) is 3.75. The van der Waals surface area contributed by atoms with E-state index in [1.807, 2.05) is 13.8 Å². The molecular weight excluding hydrogens is 424 g/mol. The van der Waals surface area contributed by atoms with Crippen molar-refractivity contribution in [3.63, 3.8) is 0 Å². The summed E-state index contributed by atoms with van der Waals surface area (Å²) in [5.41, 5.74) is 0.721. The molecule has 1 aliphatic heterocycles. The zero-order valence-corrected chi connectivity index (χ0v) is 18.4. The number of ether oxygens (including phenoxy) is 2. The predicted molar refractivity (Wildman–Crippen MR) is 118 cm³/mol. The maximum absolute atomic E-state index is 13.1. The normalized spacial score (nSPS) is 14.0. The minimum absolute atomic E-state index is 0.000581. The molecule has 3 rings (SSSR count). The minimum atomic E-state index is -1.11. The summed E-state index contributed by atoms with van der Waals surface area (Å²) in [6.07, 6.45) is 1.53. The number of nitriles is 1. The SMILES string of the molecule is COC(=O)/C(C#N)=C/c1cccc(OC(=O)C(CC(C)C)N2C(=O)c3ccccc3C2=O)c1. The molecule has 0 N–H and O–H groups in total. The number of carbonyl (C=O) groups excluding carboxylic acids is 4. The maximum atomic E-state index is 13.1. The van der Waals surface area contributed by atoms with Crippen molar-refractivity contribution in [2.75, 3.05) is 7.11 Å². The third-order valence-electron chi connectivity index (χ3n) is 5.02. The molecule has 0 aromatic heterocycles. The van der Waals surface area contributed by atoms with Gasteiger partial charge in [-0.1, -0.05) is 38.1 Å². The monoisotopic (exact) mass is 446 g/mol. The van der Waals surface area contributed by atoms with Crippen molar-refractivity contribution in [3.05, 3.63) is 70.8 Å². The van der Waals surface area contributed by atoms with Crippen LogP contribution in [-0.4, -0.2) is 41.8 Å². The molecule has 2 aromatic carbocycles. The Morgan fingerprint density at radius 1 is 1.06 bits per heavy atom. The Labute approximate surface area is 191 Å². The van der Waals surface area contributed by atoms with E-state index in [4.69, 9.17) is 10.00 Å². The van der Waals surface area contributed by atoms with Crippen LogP contribution in [0.1, 0.15) is 46.5 Å². The quantitative estimate of drug-likeness (QED) is 0.211. The zero-order chi connectivity index (χ0) is 24.1. The second kappa shape index (κ2) is 9.92. The van der Waals surface area contributed by atoms with Gasteiger partial charge in [0.1, 0.15) is 23.4 Å². The van der Waals surface area contributed by atoms with Crippen LogP contribution in [-0.2, 0) is 14.3 Å². The molecule has 1 atom stereocenters. The smallest absolute Gasteiger partial charge is 0.348 e. The second-order valence-corrected chi connectivity index (χ2v) is 7.83. The van der Waals surface area contributed by atoms with Crippen LogP contribution >= 0.6 is 0 Å². The van der Waals surface area contributed by atoms with E-state index in [1.54, 1.807) is 42.5 Å². The Hall–Kier alpha value is -4.25. The Balaban J connectivity index is 1.87. The molecule has 0 radical (unpaired) electrons. The molecule has 2 aromatic rings. The van der Waals surface area contributed by atoms with Crippen molar-refractivity contribution >= 4 is 29.8 Å². The third kappa shape index (κ3) is 4.99. The van der Waals surface area contributed by atoms with E-state index >= 15 is 0 Å². The number of carbonyl (C=O) groups is 4. The first kappa shape index (κ1) is 23.4. The summed E-state index contributed by atoms with van der Waals surface area (Å²) in [5.74, 6) is -2.48. The number of methoxy groups -OCH3 is 1. The van der Waals surface area contributed by atoms with Crippen LogP contribution < -0.4 is 4.74 Å². The van der Waals surface area contributed by atoms with Gasteiger partial charge in [-0.3, -0.25) is 14.5 Å². The van der Waals surface area contributed by atoms with Gasteiger partial charge in [0.2, 0.25) is 0 Å². The number of rotatable bonds is 7. The summed E-state index contributed by atoms with van der Waals surface area (Å²) in [6, 6.07) is 13.3. The van der Waals surface area contributed by atoms with Gasteiger partial charge in [-0.25, -0.2) is 9.59 Å². The predicted octanol–water partition coefficient (Wildman–Crippen LogP) is 3.38. The number of fused-ring (bicyclic) bond motifs is 1. The highest BCUT2D eigenvalue weighted by molar-refractivity contribution is 6.22. The van der Waals surface area contributed by atoms with Crippen LogP contribution in [0.4, 0.5) is 0 Å². The first-order valence-corrected chi connectivity index (χ1v) is 10.3. The van der Waals surface area contributed by atoms with Crippen molar-refractivity contribution in [2.24, 2.45) is 5.92 Å². The van der Waals surface area contributed by atoms with E-state index in [1.165, 1.54) is 25.3 Å². The second-order valence-electron chi connectivity index (χ2n) is 7.83. The molecule has 0 fully saturated rings. The summed E-state index contributed by atoms with van der Waals surface area (Å²) in [5, 5.41) is 9.13. The number of imide groups is 1. The van der Waals surface area contributed by atoms with Gasteiger partial charge in [-0.2, -0.15) is 5.26 Å².